The first-order valence-electron chi connectivity index (χ1n) is 5.49. The van der Waals surface area contributed by atoms with Gasteiger partial charge < -0.3 is 5.73 Å². The number of rotatable bonds is 2. The highest BCUT2D eigenvalue weighted by molar-refractivity contribution is 7.13. The zero-order valence-corrected chi connectivity index (χ0v) is 10.5. The standard InChI is InChI=1S/C13H9F2N3S/c14-8-4-7(5-9(15)6-8)11-12(17-18-13(11)16)10-2-1-3-19-10/h1-6H,(H3,16,17,18). The molecule has 0 aliphatic heterocycles. The quantitative estimate of drug-likeness (QED) is 0.751. The van der Waals surface area contributed by atoms with Gasteiger partial charge in [-0.25, -0.2) is 8.78 Å². The minimum absolute atomic E-state index is 0.216. The summed E-state index contributed by atoms with van der Waals surface area (Å²) >= 11 is 1.49. The van der Waals surface area contributed by atoms with Crippen LogP contribution in [0.3, 0.4) is 0 Å². The summed E-state index contributed by atoms with van der Waals surface area (Å²) in [7, 11) is 0. The summed E-state index contributed by atoms with van der Waals surface area (Å²) in [4.78, 5) is 0.906. The molecule has 2 aromatic heterocycles. The zero-order chi connectivity index (χ0) is 13.4. The summed E-state index contributed by atoms with van der Waals surface area (Å²) in [6.45, 7) is 0. The Bertz CT molecular complexity index is 699. The first-order chi connectivity index (χ1) is 9.15. The van der Waals surface area contributed by atoms with Crippen molar-refractivity contribution in [1.82, 2.24) is 10.2 Å². The Labute approximate surface area is 111 Å². The average Bonchev–Trinajstić information content (AvgIpc) is 2.95. The van der Waals surface area contributed by atoms with Gasteiger partial charge in [-0.05, 0) is 29.1 Å². The number of benzene rings is 1. The van der Waals surface area contributed by atoms with Gasteiger partial charge in [-0.15, -0.1) is 11.3 Å². The molecule has 0 spiro atoms. The molecule has 0 amide bonds. The average molecular weight is 277 g/mol. The van der Waals surface area contributed by atoms with E-state index >= 15 is 0 Å². The van der Waals surface area contributed by atoms with E-state index in [1.807, 2.05) is 17.5 Å². The monoisotopic (exact) mass is 277 g/mol. The van der Waals surface area contributed by atoms with Crippen LogP contribution in [0.15, 0.2) is 35.7 Å². The highest BCUT2D eigenvalue weighted by Gasteiger charge is 2.16. The van der Waals surface area contributed by atoms with Crippen LogP contribution in [0, 0.1) is 11.6 Å². The number of nitrogen functional groups attached to an aromatic ring is 1. The number of aromatic amines is 1. The number of H-pyrrole nitrogens is 1. The van der Waals surface area contributed by atoms with Crippen molar-refractivity contribution in [3.63, 3.8) is 0 Å². The molecule has 3 nitrogen and oxygen atoms in total. The van der Waals surface area contributed by atoms with Crippen molar-refractivity contribution in [2.45, 2.75) is 0 Å². The van der Waals surface area contributed by atoms with Crippen LogP contribution in [0.4, 0.5) is 14.6 Å². The van der Waals surface area contributed by atoms with Crippen molar-refractivity contribution < 1.29 is 8.78 Å². The molecular formula is C13H9F2N3S. The topological polar surface area (TPSA) is 54.7 Å². The number of anilines is 1. The summed E-state index contributed by atoms with van der Waals surface area (Å²) in [6.07, 6.45) is 0. The maximum atomic E-state index is 13.3. The van der Waals surface area contributed by atoms with Crippen LogP contribution in [0.2, 0.25) is 0 Å². The Morgan fingerprint density at radius 3 is 2.53 bits per heavy atom. The number of nitrogens with one attached hydrogen (secondary N) is 1. The molecule has 0 saturated heterocycles. The zero-order valence-electron chi connectivity index (χ0n) is 9.65. The van der Waals surface area contributed by atoms with E-state index in [-0.39, 0.29) is 5.82 Å². The number of hydrogen-bond acceptors (Lipinski definition) is 3. The molecule has 0 unspecified atom stereocenters. The van der Waals surface area contributed by atoms with E-state index in [4.69, 9.17) is 5.73 Å². The summed E-state index contributed by atoms with van der Waals surface area (Å²) < 4.78 is 26.6. The summed E-state index contributed by atoms with van der Waals surface area (Å²) in [5.74, 6) is -1.08. The van der Waals surface area contributed by atoms with E-state index in [1.165, 1.54) is 23.5 Å². The van der Waals surface area contributed by atoms with Gasteiger partial charge in [0.15, 0.2) is 5.82 Å². The summed E-state index contributed by atoms with van der Waals surface area (Å²) in [6, 6.07) is 7.07. The second-order valence-corrected chi connectivity index (χ2v) is 4.94. The van der Waals surface area contributed by atoms with E-state index in [9.17, 15) is 8.78 Å². The molecule has 0 fully saturated rings. The van der Waals surface area contributed by atoms with Crippen LogP contribution in [0.5, 0.6) is 0 Å². The third kappa shape index (κ3) is 2.10. The predicted octanol–water partition coefficient (Wildman–Crippen LogP) is 3.67. The SMILES string of the molecule is Nc1n[nH]c(-c2cccs2)c1-c1cc(F)cc(F)c1. The first-order valence-corrected chi connectivity index (χ1v) is 6.37. The van der Waals surface area contributed by atoms with Gasteiger partial charge in [0, 0.05) is 6.07 Å². The van der Waals surface area contributed by atoms with Crippen molar-refractivity contribution >= 4 is 17.2 Å². The number of hydrogen-bond donors (Lipinski definition) is 2. The van der Waals surface area contributed by atoms with Crippen LogP contribution in [-0.4, -0.2) is 10.2 Å². The van der Waals surface area contributed by atoms with Gasteiger partial charge in [0.25, 0.3) is 0 Å². The Morgan fingerprint density at radius 2 is 1.89 bits per heavy atom. The van der Waals surface area contributed by atoms with Gasteiger partial charge >= 0.3 is 0 Å². The normalized spacial score (nSPS) is 10.8. The van der Waals surface area contributed by atoms with Gasteiger partial charge in [0.1, 0.15) is 11.6 Å². The van der Waals surface area contributed by atoms with Crippen molar-refractivity contribution in [1.29, 1.82) is 0 Å². The number of thiophene rings is 1. The molecule has 96 valence electrons. The highest BCUT2D eigenvalue weighted by atomic mass is 32.1. The smallest absolute Gasteiger partial charge is 0.153 e. The molecule has 19 heavy (non-hydrogen) atoms. The molecule has 0 radical (unpaired) electrons. The fourth-order valence-electron chi connectivity index (χ4n) is 1.95. The van der Waals surface area contributed by atoms with Crippen LogP contribution in [-0.2, 0) is 0 Å². The van der Waals surface area contributed by atoms with Gasteiger partial charge in [-0.2, -0.15) is 5.10 Å². The van der Waals surface area contributed by atoms with Crippen molar-refractivity contribution in [2.24, 2.45) is 0 Å². The van der Waals surface area contributed by atoms with Crippen molar-refractivity contribution in [2.75, 3.05) is 5.73 Å². The number of nitrogens with zero attached hydrogens (tertiary/aromatic N) is 1. The second kappa shape index (κ2) is 4.47. The fraction of sp³-hybridized carbons (Fsp3) is 0. The van der Waals surface area contributed by atoms with E-state index in [0.717, 1.165) is 10.9 Å². The maximum absolute atomic E-state index is 13.3. The van der Waals surface area contributed by atoms with Crippen molar-refractivity contribution in [3.05, 3.63) is 47.3 Å². The molecule has 2 heterocycles. The van der Waals surface area contributed by atoms with Crippen molar-refractivity contribution in [3.8, 4) is 21.7 Å². The molecule has 3 N–H and O–H groups in total. The van der Waals surface area contributed by atoms with Gasteiger partial charge in [-0.3, -0.25) is 5.10 Å². The lowest BCUT2D eigenvalue weighted by atomic mass is 10.0. The number of halogens is 2. The largest absolute Gasteiger partial charge is 0.382 e. The van der Waals surface area contributed by atoms with E-state index < -0.39 is 11.6 Å². The molecule has 0 bridgehead atoms. The molecule has 0 atom stereocenters. The minimum Gasteiger partial charge on any atom is -0.382 e. The van der Waals surface area contributed by atoms with E-state index in [2.05, 4.69) is 10.2 Å². The lowest BCUT2D eigenvalue weighted by Crippen LogP contribution is -1.90. The molecule has 0 aliphatic rings. The Hall–Kier alpha value is -2.21. The molecule has 0 aliphatic carbocycles. The van der Waals surface area contributed by atoms with Gasteiger partial charge in [-0.1, -0.05) is 6.07 Å². The Morgan fingerprint density at radius 1 is 1.16 bits per heavy atom. The number of aromatic nitrogens is 2. The van der Waals surface area contributed by atoms with E-state index in [0.29, 0.717) is 16.8 Å². The molecule has 3 rings (SSSR count). The predicted molar refractivity (Wildman–Crippen MR) is 71.7 cm³/mol. The Kier molecular flexibility index (Phi) is 2.79. The van der Waals surface area contributed by atoms with Crippen LogP contribution < -0.4 is 5.73 Å². The minimum atomic E-state index is -0.646. The molecule has 0 saturated carbocycles. The maximum Gasteiger partial charge on any atom is 0.153 e. The third-order valence-corrected chi connectivity index (χ3v) is 3.60. The molecule has 6 heteroatoms. The fourth-order valence-corrected chi connectivity index (χ4v) is 2.67. The molecular weight excluding hydrogens is 268 g/mol. The Balaban J connectivity index is 2.22. The summed E-state index contributed by atoms with van der Waals surface area (Å²) in [5, 5.41) is 8.63. The van der Waals surface area contributed by atoms with Crippen LogP contribution in [0.1, 0.15) is 0 Å². The van der Waals surface area contributed by atoms with Crippen LogP contribution >= 0.6 is 11.3 Å². The van der Waals surface area contributed by atoms with E-state index in [1.54, 1.807) is 0 Å². The summed E-state index contributed by atoms with van der Waals surface area (Å²) in [5.41, 5.74) is 7.34. The lowest BCUT2D eigenvalue weighted by molar-refractivity contribution is 0.584. The van der Waals surface area contributed by atoms with Gasteiger partial charge in [0.2, 0.25) is 0 Å². The van der Waals surface area contributed by atoms with Crippen LogP contribution in [0.25, 0.3) is 21.7 Å². The molecule has 3 aromatic rings. The molecule has 1 aromatic carbocycles. The highest BCUT2D eigenvalue weighted by Crippen LogP contribution is 2.37. The third-order valence-electron chi connectivity index (χ3n) is 2.71. The lowest BCUT2D eigenvalue weighted by Gasteiger charge is -2.03. The van der Waals surface area contributed by atoms with Gasteiger partial charge in [0.05, 0.1) is 16.1 Å². The first kappa shape index (κ1) is 11.9. The number of nitrogens with two attached hydrogens (primary N) is 1. The second-order valence-electron chi connectivity index (χ2n) is 3.99.